The van der Waals surface area contributed by atoms with E-state index in [9.17, 15) is 0 Å². The molecule has 1 rings (SSSR count). The van der Waals surface area contributed by atoms with Crippen LogP contribution in [0.15, 0.2) is 11.4 Å². The summed E-state index contributed by atoms with van der Waals surface area (Å²) in [5.41, 5.74) is 7.74. The van der Waals surface area contributed by atoms with Crippen LogP contribution >= 0.6 is 11.3 Å². The molecule has 0 aliphatic heterocycles. The van der Waals surface area contributed by atoms with Crippen molar-refractivity contribution in [2.45, 2.75) is 46.2 Å². The van der Waals surface area contributed by atoms with Crippen molar-refractivity contribution in [2.75, 3.05) is 26.3 Å². The average Bonchev–Trinajstić information content (AvgIpc) is 2.83. The second kappa shape index (κ2) is 8.69. The van der Waals surface area contributed by atoms with Crippen LogP contribution in [0.25, 0.3) is 0 Å². The lowest BCUT2D eigenvalue weighted by molar-refractivity contribution is 0.0896. The maximum atomic E-state index is 6.38. The molecule has 0 aromatic carbocycles. The summed E-state index contributed by atoms with van der Waals surface area (Å²) in [6.45, 7) is 12.1. The quantitative estimate of drug-likeness (QED) is 0.708. The lowest BCUT2D eigenvalue weighted by Crippen LogP contribution is -2.42. The molecular formula is C15H28N2OS. The van der Waals surface area contributed by atoms with Crippen molar-refractivity contribution in [1.82, 2.24) is 4.90 Å². The molecule has 2 unspecified atom stereocenters. The van der Waals surface area contributed by atoms with E-state index in [0.717, 1.165) is 32.7 Å². The van der Waals surface area contributed by atoms with Gasteiger partial charge in [0.25, 0.3) is 0 Å². The van der Waals surface area contributed by atoms with Crippen LogP contribution in [-0.4, -0.2) is 37.2 Å². The summed E-state index contributed by atoms with van der Waals surface area (Å²) in [6.07, 6.45) is 0.993. The fourth-order valence-corrected chi connectivity index (χ4v) is 3.50. The fourth-order valence-electron chi connectivity index (χ4n) is 2.36. The van der Waals surface area contributed by atoms with Crippen LogP contribution in [0.3, 0.4) is 0 Å². The van der Waals surface area contributed by atoms with Gasteiger partial charge >= 0.3 is 0 Å². The van der Waals surface area contributed by atoms with Crippen molar-refractivity contribution in [3.05, 3.63) is 21.9 Å². The van der Waals surface area contributed by atoms with Gasteiger partial charge < -0.3 is 10.5 Å². The van der Waals surface area contributed by atoms with Gasteiger partial charge in [0.1, 0.15) is 0 Å². The average molecular weight is 284 g/mol. The number of hydrogen-bond donors (Lipinski definition) is 1. The molecular weight excluding hydrogens is 256 g/mol. The van der Waals surface area contributed by atoms with Gasteiger partial charge in [-0.05, 0) is 43.8 Å². The van der Waals surface area contributed by atoms with Crippen molar-refractivity contribution in [1.29, 1.82) is 0 Å². The maximum absolute atomic E-state index is 6.38. The van der Waals surface area contributed by atoms with Crippen molar-refractivity contribution in [2.24, 2.45) is 5.73 Å². The Morgan fingerprint density at radius 3 is 2.58 bits per heavy atom. The second-order valence-corrected chi connectivity index (χ2v) is 5.76. The molecule has 0 bridgehead atoms. The number of likely N-dealkylation sites (N-methyl/N-ethyl adjacent to an activating group) is 1. The largest absolute Gasteiger partial charge is 0.380 e. The Hall–Kier alpha value is -0.420. The van der Waals surface area contributed by atoms with Crippen LogP contribution < -0.4 is 5.73 Å². The molecule has 0 radical (unpaired) electrons. The van der Waals surface area contributed by atoms with Crippen molar-refractivity contribution in [3.63, 3.8) is 0 Å². The molecule has 0 saturated carbocycles. The van der Waals surface area contributed by atoms with Gasteiger partial charge in [-0.2, -0.15) is 0 Å². The third-order valence-corrected chi connectivity index (χ3v) is 4.66. The minimum atomic E-state index is 0.180. The van der Waals surface area contributed by atoms with E-state index in [1.165, 1.54) is 10.4 Å². The summed E-state index contributed by atoms with van der Waals surface area (Å²) in [6, 6.07) is 2.68. The molecule has 2 N–H and O–H groups in total. The molecule has 2 atom stereocenters. The summed E-state index contributed by atoms with van der Waals surface area (Å²) in [7, 11) is 0. The highest BCUT2D eigenvalue weighted by molar-refractivity contribution is 7.10. The first kappa shape index (κ1) is 16.6. The Bertz CT molecular complexity index is 354. The molecule has 0 aliphatic rings. The zero-order valence-electron chi connectivity index (χ0n) is 12.7. The van der Waals surface area contributed by atoms with Crippen LogP contribution in [0.4, 0.5) is 0 Å². The molecule has 0 aliphatic carbocycles. The number of nitrogens with zero attached hydrogens (tertiary/aromatic N) is 1. The molecule has 0 saturated heterocycles. The van der Waals surface area contributed by atoms with E-state index in [2.05, 4.69) is 37.1 Å². The minimum absolute atomic E-state index is 0.180. The Morgan fingerprint density at radius 1 is 1.37 bits per heavy atom. The van der Waals surface area contributed by atoms with Gasteiger partial charge in [-0.25, -0.2) is 0 Å². The summed E-state index contributed by atoms with van der Waals surface area (Å²) in [4.78, 5) is 3.86. The molecule has 110 valence electrons. The van der Waals surface area contributed by atoms with E-state index in [4.69, 9.17) is 10.5 Å². The van der Waals surface area contributed by atoms with Gasteiger partial charge in [0.2, 0.25) is 0 Å². The van der Waals surface area contributed by atoms with Crippen LogP contribution in [-0.2, 0) is 4.74 Å². The summed E-state index contributed by atoms with van der Waals surface area (Å²) < 4.78 is 5.50. The van der Waals surface area contributed by atoms with Crippen molar-refractivity contribution < 1.29 is 4.74 Å². The molecule has 4 heteroatoms. The van der Waals surface area contributed by atoms with Gasteiger partial charge in [-0.15, -0.1) is 11.3 Å². The number of thiophene rings is 1. The van der Waals surface area contributed by atoms with Gasteiger partial charge in [0, 0.05) is 24.1 Å². The number of nitrogens with two attached hydrogens (primary N) is 1. The van der Waals surface area contributed by atoms with Crippen LogP contribution in [0.1, 0.15) is 43.7 Å². The summed E-state index contributed by atoms with van der Waals surface area (Å²) in [5.74, 6) is 0. The highest BCUT2D eigenvalue weighted by atomic mass is 32.1. The molecule has 19 heavy (non-hydrogen) atoms. The van der Waals surface area contributed by atoms with Gasteiger partial charge in [-0.1, -0.05) is 13.8 Å². The lowest BCUT2D eigenvalue weighted by atomic mass is 10.0. The van der Waals surface area contributed by atoms with E-state index >= 15 is 0 Å². The number of hydrogen-bond acceptors (Lipinski definition) is 4. The molecule has 1 aromatic rings. The predicted octanol–water partition coefficient (Wildman–Crippen LogP) is 3.19. The van der Waals surface area contributed by atoms with Crippen molar-refractivity contribution >= 4 is 11.3 Å². The van der Waals surface area contributed by atoms with E-state index in [1.54, 1.807) is 0 Å². The zero-order valence-corrected chi connectivity index (χ0v) is 13.5. The summed E-state index contributed by atoms with van der Waals surface area (Å²) in [5, 5.41) is 2.16. The van der Waals surface area contributed by atoms with Crippen LogP contribution in [0.2, 0.25) is 0 Å². The van der Waals surface area contributed by atoms with E-state index in [-0.39, 0.29) is 6.04 Å². The Labute approximate surface area is 121 Å². The van der Waals surface area contributed by atoms with E-state index in [0.29, 0.717) is 6.04 Å². The third-order valence-electron chi connectivity index (χ3n) is 3.57. The standard InChI is InChI=1S/C15H28N2OS/c1-5-13(16)14(15-12(4)8-11-19-15)17(6-2)9-10-18-7-3/h8,11,13-14H,5-7,9-10,16H2,1-4H3. The van der Waals surface area contributed by atoms with Crippen molar-refractivity contribution in [3.8, 4) is 0 Å². The minimum Gasteiger partial charge on any atom is -0.380 e. The van der Waals surface area contributed by atoms with E-state index < -0.39 is 0 Å². The first-order chi connectivity index (χ1) is 9.15. The number of aryl methyl sites for hydroxylation is 1. The SMILES string of the molecule is CCOCCN(CC)C(c1sccc1C)C(N)CC. The number of rotatable bonds is 9. The summed E-state index contributed by atoms with van der Waals surface area (Å²) >= 11 is 1.82. The zero-order chi connectivity index (χ0) is 14.3. The molecule has 1 aromatic heterocycles. The van der Waals surface area contributed by atoms with Gasteiger partial charge in [-0.3, -0.25) is 4.90 Å². The molecule has 3 nitrogen and oxygen atoms in total. The number of ether oxygens (including phenoxy) is 1. The normalized spacial score (nSPS) is 14.8. The lowest BCUT2D eigenvalue weighted by Gasteiger charge is -2.34. The van der Waals surface area contributed by atoms with Crippen LogP contribution in [0.5, 0.6) is 0 Å². The molecule has 1 heterocycles. The molecule has 0 spiro atoms. The maximum Gasteiger partial charge on any atom is 0.0596 e. The Kier molecular flexibility index (Phi) is 7.61. The third kappa shape index (κ3) is 4.56. The highest BCUT2D eigenvalue weighted by Crippen LogP contribution is 2.31. The topological polar surface area (TPSA) is 38.5 Å². The van der Waals surface area contributed by atoms with Gasteiger partial charge in [0.05, 0.1) is 12.6 Å². The fraction of sp³-hybridized carbons (Fsp3) is 0.733. The second-order valence-electron chi connectivity index (χ2n) is 4.81. The van der Waals surface area contributed by atoms with E-state index in [1.807, 2.05) is 18.3 Å². The molecule has 0 fully saturated rings. The van der Waals surface area contributed by atoms with Crippen LogP contribution in [0, 0.1) is 6.92 Å². The Balaban J connectivity index is 2.85. The van der Waals surface area contributed by atoms with Gasteiger partial charge in [0.15, 0.2) is 0 Å². The smallest absolute Gasteiger partial charge is 0.0596 e. The monoisotopic (exact) mass is 284 g/mol. The first-order valence-corrected chi connectivity index (χ1v) is 8.14. The molecule has 0 amide bonds. The Morgan fingerprint density at radius 2 is 2.11 bits per heavy atom. The highest BCUT2D eigenvalue weighted by Gasteiger charge is 2.26. The predicted molar refractivity (Wildman–Crippen MR) is 83.8 cm³/mol. The first-order valence-electron chi connectivity index (χ1n) is 7.26.